The maximum Gasteiger partial charge on any atom is 0.329 e. The van der Waals surface area contributed by atoms with Gasteiger partial charge in [-0.05, 0) is 50.9 Å². The van der Waals surface area contributed by atoms with Gasteiger partial charge in [0.05, 0.1) is 0 Å². The molecule has 1 aliphatic carbocycles. The van der Waals surface area contributed by atoms with Crippen molar-refractivity contribution >= 4 is 12.0 Å². The van der Waals surface area contributed by atoms with E-state index in [0.717, 1.165) is 19.3 Å². The van der Waals surface area contributed by atoms with Crippen LogP contribution >= 0.6 is 0 Å². The molecule has 2 N–H and O–H groups in total. The van der Waals surface area contributed by atoms with Crippen molar-refractivity contribution in [3.05, 3.63) is 0 Å². The van der Waals surface area contributed by atoms with Crippen LogP contribution in [0.3, 0.4) is 0 Å². The van der Waals surface area contributed by atoms with Gasteiger partial charge in [-0.15, -0.1) is 0 Å². The molecular formula is C16H28N2O3. The largest absolute Gasteiger partial charge is 0.480 e. The van der Waals surface area contributed by atoms with E-state index >= 15 is 0 Å². The molecular weight excluding hydrogens is 268 g/mol. The molecule has 1 saturated carbocycles. The van der Waals surface area contributed by atoms with Crippen molar-refractivity contribution in [1.29, 1.82) is 0 Å². The highest BCUT2D eigenvalue weighted by Crippen LogP contribution is 2.40. The highest BCUT2D eigenvalue weighted by Gasteiger charge is 2.44. The quantitative estimate of drug-likeness (QED) is 0.838. The first kappa shape index (κ1) is 16.1. The minimum absolute atomic E-state index is 0.209. The molecule has 1 aliphatic heterocycles. The summed E-state index contributed by atoms with van der Waals surface area (Å²) in [5, 5.41) is 12.5. The number of amides is 2. The van der Waals surface area contributed by atoms with E-state index < -0.39 is 11.5 Å². The molecule has 0 radical (unpaired) electrons. The fourth-order valence-corrected chi connectivity index (χ4v) is 3.81. The molecule has 1 unspecified atom stereocenters. The summed E-state index contributed by atoms with van der Waals surface area (Å²) in [6, 6.07) is -0.209. The molecule has 0 aromatic carbocycles. The SMILES string of the molecule is CCC1(CNC(=O)N2CCCCC2(C)C(=O)O)CCCC1. The van der Waals surface area contributed by atoms with Crippen LogP contribution in [0.1, 0.15) is 65.2 Å². The first-order valence-electron chi connectivity index (χ1n) is 8.22. The molecule has 5 heteroatoms. The Morgan fingerprint density at radius 3 is 2.33 bits per heavy atom. The number of carboxylic acids is 1. The van der Waals surface area contributed by atoms with E-state index in [1.165, 1.54) is 30.6 Å². The first-order chi connectivity index (χ1) is 9.93. The number of hydrogen-bond acceptors (Lipinski definition) is 2. The second-order valence-electron chi connectivity index (χ2n) is 6.91. The van der Waals surface area contributed by atoms with Crippen molar-refractivity contribution in [3.63, 3.8) is 0 Å². The fraction of sp³-hybridized carbons (Fsp3) is 0.875. The number of nitrogens with zero attached hydrogens (tertiary/aromatic N) is 1. The Hall–Kier alpha value is -1.26. The predicted molar refractivity (Wildman–Crippen MR) is 81.2 cm³/mol. The number of likely N-dealkylation sites (tertiary alicyclic amines) is 1. The number of carboxylic acid groups (broad SMARTS) is 1. The third kappa shape index (κ3) is 3.16. The summed E-state index contributed by atoms with van der Waals surface area (Å²) in [5.74, 6) is -0.900. The van der Waals surface area contributed by atoms with Crippen molar-refractivity contribution in [3.8, 4) is 0 Å². The molecule has 5 nitrogen and oxygen atoms in total. The Morgan fingerprint density at radius 1 is 1.14 bits per heavy atom. The van der Waals surface area contributed by atoms with Gasteiger partial charge in [0.15, 0.2) is 0 Å². The Balaban J connectivity index is 1.99. The zero-order valence-corrected chi connectivity index (χ0v) is 13.3. The third-order valence-electron chi connectivity index (χ3n) is 5.63. The number of urea groups is 1. The number of aliphatic carboxylic acids is 1. The lowest BCUT2D eigenvalue weighted by molar-refractivity contribution is -0.150. The summed E-state index contributed by atoms with van der Waals surface area (Å²) in [6.45, 7) is 5.06. The average molecular weight is 296 g/mol. The smallest absolute Gasteiger partial charge is 0.329 e. The molecule has 2 amide bonds. The van der Waals surface area contributed by atoms with Gasteiger partial charge in [0.25, 0.3) is 0 Å². The van der Waals surface area contributed by atoms with E-state index in [0.29, 0.717) is 19.5 Å². The molecule has 120 valence electrons. The lowest BCUT2D eigenvalue weighted by Gasteiger charge is -2.42. The van der Waals surface area contributed by atoms with E-state index in [1.54, 1.807) is 6.92 Å². The van der Waals surface area contributed by atoms with Crippen LogP contribution in [-0.2, 0) is 4.79 Å². The zero-order valence-electron chi connectivity index (χ0n) is 13.3. The number of carbonyl (C=O) groups is 2. The van der Waals surface area contributed by atoms with Gasteiger partial charge in [-0.1, -0.05) is 19.8 Å². The molecule has 0 bridgehead atoms. The molecule has 1 heterocycles. The van der Waals surface area contributed by atoms with Crippen molar-refractivity contribution in [2.75, 3.05) is 13.1 Å². The highest BCUT2D eigenvalue weighted by molar-refractivity contribution is 5.86. The van der Waals surface area contributed by atoms with Crippen molar-refractivity contribution in [2.24, 2.45) is 5.41 Å². The Morgan fingerprint density at radius 2 is 1.76 bits per heavy atom. The van der Waals surface area contributed by atoms with Crippen LogP contribution in [0.15, 0.2) is 0 Å². The third-order valence-corrected chi connectivity index (χ3v) is 5.63. The zero-order chi connectivity index (χ0) is 15.5. The Bertz CT molecular complexity index is 404. The van der Waals surface area contributed by atoms with Crippen molar-refractivity contribution in [1.82, 2.24) is 10.2 Å². The van der Waals surface area contributed by atoms with E-state index in [2.05, 4.69) is 12.2 Å². The molecule has 2 rings (SSSR count). The summed E-state index contributed by atoms with van der Waals surface area (Å²) in [4.78, 5) is 25.6. The van der Waals surface area contributed by atoms with Gasteiger partial charge >= 0.3 is 12.0 Å². The van der Waals surface area contributed by atoms with E-state index in [-0.39, 0.29) is 11.4 Å². The summed E-state index contributed by atoms with van der Waals surface area (Å²) in [6.07, 6.45) is 8.17. The fourth-order valence-electron chi connectivity index (χ4n) is 3.81. The van der Waals surface area contributed by atoms with E-state index in [9.17, 15) is 14.7 Å². The van der Waals surface area contributed by atoms with Gasteiger partial charge in [0.2, 0.25) is 0 Å². The number of piperidine rings is 1. The van der Waals surface area contributed by atoms with Gasteiger partial charge in [-0.2, -0.15) is 0 Å². The summed E-state index contributed by atoms with van der Waals surface area (Å²) in [7, 11) is 0. The van der Waals surface area contributed by atoms with Crippen molar-refractivity contribution in [2.45, 2.75) is 70.8 Å². The van der Waals surface area contributed by atoms with Gasteiger partial charge < -0.3 is 15.3 Å². The van der Waals surface area contributed by atoms with Crippen LogP contribution in [0.2, 0.25) is 0 Å². The van der Waals surface area contributed by atoms with E-state index in [1.807, 2.05) is 0 Å². The molecule has 0 spiro atoms. The van der Waals surface area contributed by atoms with Gasteiger partial charge in [0, 0.05) is 13.1 Å². The molecule has 21 heavy (non-hydrogen) atoms. The maximum absolute atomic E-state index is 12.5. The van der Waals surface area contributed by atoms with Crippen LogP contribution < -0.4 is 5.32 Å². The first-order valence-corrected chi connectivity index (χ1v) is 8.22. The second-order valence-corrected chi connectivity index (χ2v) is 6.91. The normalized spacial score (nSPS) is 28.4. The molecule has 0 aromatic heterocycles. The summed E-state index contributed by atoms with van der Waals surface area (Å²) >= 11 is 0. The lowest BCUT2D eigenvalue weighted by Crippen LogP contribution is -2.60. The summed E-state index contributed by atoms with van der Waals surface area (Å²) < 4.78 is 0. The molecule has 2 aliphatic rings. The molecule has 1 atom stereocenters. The van der Waals surface area contributed by atoms with Crippen molar-refractivity contribution < 1.29 is 14.7 Å². The van der Waals surface area contributed by atoms with Gasteiger partial charge in [-0.3, -0.25) is 0 Å². The Kier molecular flexibility index (Phi) is 4.79. The van der Waals surface area contributed by atoms with Crippen LogP contribution in [0.4, 0.5) is 4.79 Å². The lowest BCUT2D eigenvalue weighted by atomic mass is 9.83. The minimum Gasteiger partial charge on any atom is -0.480 e. The highest BCUT2D eigenvalue weighted by atomic mass is 16.4. The Labute approximate surface area is 127 Å². The topological polar surface area (TPSA) is 69.6 Å². The van der Waals surface area contributed by atoms with Gasteiger partial charge in [0.1, 0.15) is 5.54 Å². The summed E-state index contributed by atoms with van der Waals surface area (Å²) in [5.41, 5.74) is -0.831. The number of rotatable bonds is 4. The van der Waals surface area contributed by atoms with Crippen LogP contribution in [0, 0.1) is 5.41 Å². The number of hydrogen-bond donors (Lipinski definition) is 2. The van der Waals surface area contributed by atoms with E-state index in [4.69, 9.17) is 0 Å². The monoisotopic (exact) mass is 296 g/mol. The van der Waals surface area contributed by atoms with Crippen LogP contribution in [-0.4, -0.2) is 40.6 Å². The van der Waals surface area contributed by atoms with Crippen LogP contribution in [0.5, 0.6) is 0 Å². The average Bonchev–Trinajstić information content (AvgIpc) is 2.94. The van der Waals surface area contributed by atoms with Gasteiger partial charge in [-0.25, -0.2) is 9.59 Å². The minimum atomic E-state index is -1.06. The van der Waals surface area contributed by atoms with Crippen LogP contribution in [0.25, 0.3) is 0 Å². The molecule has 2 fully saturated rings. The predicted octanol–water partition coefficient (Wildman–Crippen LogP) is 3.00. The maximum atomic E-state index is 12.5. The standard InChI is InChI=1S/C16H28N2O3/c1-3-16(9-4-5-10-16)12-17-14(21)18-11-7-6-8-15(18,2)13(19)20/h3-12H2,1-2H3,(H,17,21)(H,19,20). The second kappa shape index (κ2) is 6.24. The number of carbonyl (C=O) groups excluding carboxylic acids is 1. The molecule has 1 saturated heterocycles. The molecule has 0 aromatic rings. The number of nitrogens with one attached hydrogen (secondary N) is 1.